The summed E-state index contributed by atoms with van der Waals surface area (Å²) < 4.78 is 16.3. The first kappa shape index (κ1) is 14.1. The molecular formula is C17H16N2O3. The standard InChI is InChI=1S/C17H16N2O3/c1-12(21-14-8-4-3-5-9-14)17-18-16(19-22-17)13-7-6-10-15(11-13)20-2/h3-12H,1-2H3/t12-/m0/s1. The van der Waals surface area contributed by atoms with Gasteiger partial charge in [-0.2, -0.15) is 4.98 Å². The molecule has 0 saturated carbocycles. The van der Waals surface area contributed by atoms with Gasteiger partial charge < -0.3 is 14.0 Å². The van der Waals surface area contributed by atoms with Gasteiger partial charge in [0.15, 0.2) is 6.10 Å². The molecule has 1 heterocycles. The number of hydrogen-bond acceptors (Lipinski definition) is 5. The number of benzene rings is 2. The molecule has 3 aromatic rings. The second-order valence-corrected chi connectivity index (χ2v) is 4.76. The van der Waals surface area contributed by atoms with Crippen LogP contribution in [0.25, 0.3) is 11.4 Å². The van der Waals surface area contributed by atoms with E-state index in [1.807, 2.05) is 61.5 Å². The maximum atomic E-state index is 5.77. The third-order valence-corrected chi connectivity index (χ3v) is 3.17. The highest BCUT2D eigenvalue weighted by Gasteiger charge is 2.17. The SMILES string of the molecule is COc1cccc(-c2noc([C@H](C)Oc3ccccc3)n2)c1. The predicted octanol–water partition coefficient (Wildman–Crippen LogP) is 3.89. The van der Waals surface area contributed by atoms with E-state index in [1.165, 1.54) is 0 Å². The molecule has 0 unspecified atom stereocenters. The number of hydrogen-bond donors (Lipinski definition) is 0. The Balaban J connectivity index is 1.78. The van der Waals surface area contributed by atoms with Crippen molar-refractivity contribution >= 4 is 0 Å². The van der Waals surface area contributed by atoms with Gasteiger partial charge in [0.2, 0.25) is 5.82 Å². The average molecular weight is 296 g/mol. The molecule has 0 aliphatic rings. The molecule has 1 aromatic heterocycles. The van der Waals surface area contributed by atoms with Crippen LogP contribution < -0.4 is 9.47 Å². The molecule has 0 saturated heterocycles. The van der Waals surface area contributed by atoms with E-state index < -0.39 is 0 Å². The summed E-state index contributed by atoms with van der Waals surface area (Å²) in [5, 5.41) is 4.00. The van der Waals surface area contributed by atoms with Gasteiger partial charge in [0, 0.05) is 5.56 Å². The lowest BCUT2D eigenvalue weighted by Crippen LogP contribution is -2.03. The summed E-state index contributed by atoms with van der Waals surface area (Å²) in [6, 6.07) is 17.0. The Bertz CT molecular complexity index is 740. The number of rotatable bonds is 5. The van der Waals surface area contributed by atoms with Gasteiger partial charge in [-0.15, -0.1) is 0 Å². The zero-order valence-electron chi connectivity index (χ0n) is 12.4. The molecule has 0 spiro atoms. The average Bonchev–Trinajstić information content (AvgIpc) is 3.06. The summed E-state index contributed by atoms with van der Waals surface area (Å²) in [5.41, 5.74) is 0.835. The quantitative estimate of drug-likeness (QED) is 0.715. The molecule has 112 valence electrons. The van der Waals surface area contributed by atoms with Gasteiger partial charge in [-0.1, -0.05) is 35.5 Å². The van der Waals surface area contributed by atoms with Gasteiger partial charge in [0.05, 0.1) is 7.11 Å². The van der Waals surface area contributed by atoms with E-state index >= 15 is 0 Å². The molecule has 1 atom stereocenters. The monoisotopic (exact) mass is 296 g/mol. The van der Waals surface area contributed by atoms with Crippen LogP contribution in [0.1, 0.15) is 18.9 Å². The first-order valence-electron chi connectivity index (χ1n) is 6.96. The lowest BCUT2D eigenvalue weighted by molar-refractivity contribution is 0.176. The highest BCUT2D eigenvalue weighted by atomic mass is 16.5. The van der Waals surface area contributed by atoms with Crippen LogP contribution in [0.15, 0.2) is 59.1 Å². The highest BCUT2D eigenvalue weighted by Crippen LogP contribution is 2.24. The van der Waals surface area contributed by atoms with Gasteiger partial charge in [-0.05, 0) is 31.2 Å². The van der Waals surface area contributed by atoms with E-state index in [-0.39, 0.29) is 6.10 Å². The van der Waals surface area contributed by atoms with E-state index in [9.17, 15) is 0 Å². The summed E-state index contributed by atoms with van der Waals surface area (Å²) >= 11 is 0. The zero-order chi connectivity index (χ0) is 15.4. The van der Waals surface area contributed by atoms with Crippen LogP contribution in [-0.2, 0) is 0 Å². The normalized spacial score (nSPS) is 11.9. The minimum atomic E-state index is -0.325. The van der Waals surface area contributed by atoms with E-state index in [4.69, 9.17) is 14.0 Å². The summed E-state index contributed by atoms with van der Waals surface area (Å²) in [5.74, 6) is 2.45. The smallest absolute Gasteiger partial charge is 0.267 e. The van der Waals surface area contributed by atoms with Crippen LogP contribution in [0.2, 0.25) is 0 Å². The largest absolute Gasteiger partial charge is 0.497 e. The maximum absolute atomic E-state index is 5.77. The van der Waals surface area contributed by atoms with Crippen molar-refractivity contribution in [3.63, 3.8) is 0 Å². The van der Waals surface area contributed by atoms with Crippen molar-refractivity contribution < 1.29 is 14.0 Å². The Labute approximate surface area is 128 Å². The third-order valence-electron chi connectivity index (χ3n) is 3.17. The third kappa shape index (κ3) is 3.09. The lowest BCUT2D eigenvalue weighted by Gasteiger charge is -2.09. The fourth-order valence-corrected chi connectivity index (χ4v) is 2.03. The Morgan fingerprint density at radius 2 is 1.77 bits per heavy atom. The van der Waals surface area contributed by atoms with Crippen molar-refractivity contribution in [2.75, 3.05) is 7.11 Å². The summed E-state index contributed by atoms with van der Waals surface area (Å²) in [7, 11) is 1.62. The Hall–Kier alpha value is -2.82. The summed E-state index contributed by atoms with van der Waals surface area (Å²) in [4.78, 5) is 4.39. The molecule has 0 amide bonds. The molecule has 5 heteroatoms. The molecule has 5 nitrogen and oxygen atoms in total. The van der Waals surface area contributed by atoms with Gasteiger partial charge in [-0.25, -0.2) is 0 Å². The number of ether oxygens (including phenoxy) is 2. The number of methoxy groups -OCH3 is 1. The molecule has 0 bridgehead atoms. The molecule has 2 aromatic carbocycles. The maximum Gasteiger partial charge on any atom is 0.267 e. The fourth-order valence-electron chi connectivity index (χ4n) is 2.03. The Morgan fingerprint density at radius 1 is 1.00 bits per heavy atom. The van der Waals surface area contributed by atoms with E-state index in [0.717, 1.165) is 17.1 Å². The van der Waals surface area contributed by atoms with Crippen LogP contribution in [0, 0.1) is 0 Å². The van der Waals surface area contributed by atoms with Gasteiger partial charge >= 0.3 is 0 Å². The lowest BCUT2D eigenvalue weighted by atomic mass is 10.2. The summed E-state index contributed by atoms with van der Waals surface area (Å²) in [6.07, 6.45) is -0.325. The van der Waals surface area contributed by atoms with Gasteiger partial charge in [0.25, 0.3) is 5.89 Å². The molecule has 0 aliphatic heterocycles. The Morgan fingerprint density at radius 3 is 2.55 bits per heavy atom. The van der Waals surface area contributed by atoms with Crippen LogP contribution in [-0.4, -0.2) is 17.3 Å². The number of para-hydroxylation sites is 1. The van der Waals surface area contributed by atoms with Gasteiger partial charge in [0.1, 0.15) is 11.5 Å². The van der Waals surface area contributed by atoms with E-state index in [2.05, 4.69) is 10.1 Å². The number of nitrogens with zero attached hydrogens (tertiary/aromatic N) is 2. The molecule has 0 radical (unpaired) electrons. The second-order valence-electron chi connectivity index (χ2n) is 4.76. The molecule has 0 N–H and O–H groups in total. The first-order valence-corrected chi connectivity index (χ1v) is 6.96. The van der Waals surface area contributed by atoms with Crippen molar-refractivity contribution in [1.82, 2.24) is 10.1 Å². The Kier molecular flexibility index (Phi) is 4.05. The molecule has 3 rings (SSSR count). The van der Waals surface area contributed by atoms with Crippen molar-refractivity contribution in [1.29, 1.82) is 0 Å². The van der Waals surface area contributed by atoms with Crippen molar-refractivity contribution in [3.8, 4) is 22.9 Å². The minimum Gasteiger partial charge on any atom is -0.497 e. The van der Waals surface area contributed by atoms with Crippen molar-refractivity contribution in [2.45, 2.75) is 13.0 Å². The van der Waals surface area contributed by atoms with Crippen molar-refractivity contribution in [3.05, 3.63) is 60.5 Å². The second kappa shape index (κ2) is 6.30. The van der Waals surface area contributed by atoms with Crippen LogP contribution in [0.3, 0.4) is 0 Å². The highest BCUT2D eigenvalue weighted by molar-refractivity contribution is 5.56. The fraction of sp³-hybridized carbons (Fsp3) is 0.176. The minimum absolute atomic E-state index is 0.325. The zero-order valence-corrected chi connectivity index (χ0v) is 12.4. The van der Waals surface area contributed by atoms with Crippen LogP contribution >= 0.6 is 0 Å². The topological polar surface area (TPSA) is 57.4 Å². The molecular weight excluding hydrogens is 280 g/mol. The number of aromatic nitrogens is 2. The van der Waals surface area contributed by atoms with E-state index in [1.54, 1.807) is 7.11 Å². The van der Waals surface area contributed by atoms with Crippen LogP contribution in [0.5, 0.6) is 11.5 Å². The van der Waals surface area contributed by atoms with Gasteiger partial charge in [-0.3, -0.25) is 0 Å². The van der Waals surface area contributed by atoms with E-state index in [0.29, 0.717) is 11.7 Å². The molecule has 0 fully saturated rings. The molecule has 0 aliphatic carbocycles. The van der Waals surface area contributed by atoms with Crippen molar-refractivity contribution in [2.24, 2.45) is 0 Å². The van der Waals surface area contributed by atoms with Crippen LogP contribution in [0.4, 0.5) is 0 Å². The first-order chi connectivity index (χ1) is 10.8. The molecule has 22 heavy (non-hydrogen) atoms. The summed E-state index contributed by atoms with van der Waals surface area (Å²) in [6.45, 7) is 1.87. The predicted molar refractivity (Wildman–Crippen MR) is 81.8 cm³/mol.